The molecule has 2 N–H and O–H groups in total. The normalized spacial score (nSPS) is 10.9. The number of hydrogen-bond acceptors (Lipinski definition) is 8. The zero-order valence-electron chi connectivity index (χ0n) is 11.3. The molecule has 9 heteroatoms. The van der Waals surface area contributed by atoms with E-state index in [0.717, 1.165) is 0 Å². The first-order valence-electron chi connectivity index (χ1n) is 5.75. The van der Waals surface area contributed by atoms with E-state index < -0.39 is 0 Å². The lowest BCUT2D eigenvalue weighted by atomic mass is 10.2. The van der Waals surface area contributed by atoms with Crippen LogP contribution in [-0.4, -0.2) is 34.8 Å². The largest absolute Gasteiger partial charge is 0.493 e. The molecule has 0 aliphatic carbocycles. The van der Waals surface area contributed by atoms with Crippen LogP contribution in [0.2, 0.25) is 0 Å². The van der Waals surface area contributed by atoms with Gasteiger partial charge >= 0.3 is 0 Å². The highest BCUT2D eigenvalue weighted by atomic mass is 32.1. The highest BCUT2D eigenvalue weighted by Crippen LogP contribution is 2.35. The molecule has 0 spiro atoms. The maximum absolute atomic E-state index is 9.08. The zero-order chi connectivity index (χ0) is 15.2. The zero-order valence-corrected chi connectivity index (χ0v) is 12.2. The minimum absolute atomic E-state index is 0.200. The fourth-order valence-electron chi connectivity index (χ4n) is 1.56. The number of allylic oxidation sites excluding steroid dienone is 1. The van der Waals surface area contributed by atoms with Crippen molar-refractivity contribution in [1.82, 2.24) is 20.6 Å². The number of nitrogens with one attached hydrogen (secondary N) is 2. The number of rotatable bonds is 5. The Kier molecular flexibility index (Phi) is 4.63. The summed E-state index contributed by atoms with van der Waals surface area (Å²) in [5.41, 5.74) is 0.874. The third kappa shape index (κ3) is 3.24. The van der Waals surface area contributed by atoms with Gasteiger partial charge in [-0.2, -0.15) is 10.5 Å². The SMILES string of the molecule is COc1cc(S)c(NC=C(C#N)c2nn[nH]n2)cc1OC. The first kappa shape index (κ1) is 14.7. The van der Waals surface area contributed by atoms with Crippen molar-refractivity contribution in [2.45, 2.75) is 4.90 Å². The van der Waals surface area contributed by atoms with Crippen molar-refractivity contribution in [1.29, 1.82) is 5.26 Å². The van der Waals surface area contributed by atoms with Gasteiger partial charge in [-0.1, -0.05) is 0 Å². The predicted octanol–water partition coefficient (Wildman–Crippen LogP) is 1.48. The number of tetrazole rings is 1. The molecule has 21 heavy (non-hydrogen) atoms. The molecule has 8 nitrogen and oxygen atoms in total. The molecule has 0 unspecified atom stereocenters. The highest BCUT2D eigenvalue weighted by Gasteiger charge is 2.10. The molecule has 0 saturated carbocycles. The molecule has 1 aromatic carbocycles. The number of H-pyrrole nitrogens is 1. The molecule has 2 aromatic rings. The Morgan fingerprint density at radius 1 is 1.38 bits per heavy atom. The van der Waals surface area contributed by atoms with E-state index in [0.29, 0.717) is 22.1 Å². The van der Waals surface area contributed by atoms with Gasteiger partial charge in [0.05, 0.1) is 19.9 Å². The van der Waals surface area contributed by atoms with Crippen molar-refractivity contribution >= 4 is 23.9 Å². The molecule has 0 bridgehead atoms. The summed E-state index contributed by atoms with van der Waals surface area (Å²) in [6.07, 6.45) is 1.46. The van der Waals surface area contributed by atoms with E-state index in [1.54, 1.807) is 19.2 Å². The molecule has 0 atom stereocenters. The summed E-state index contributed by atoms with van der Waals surface area (Å²) < 4.78 is 10.4. The fraction of sp³-hybridized carbons (Fsp3) is 0.167. The maximum Gasteiger partial charge on any atom is 0.216 e. The van der Waals surface area contributed by atoms with Crippen LogP contribution in [0, 0.1) is 11.3 Å². The van der Waals surface area contributed by atoms with Crippen LogP contribution in [0.1, 0.15) is 5.82 Å². The van der Waals surface area contributed by atoms with E-state index in [2.05, 4.69) is 38.6 Å². The van der Waals surface area contributed by atoms with Gasteiger partial charge in [0.2, 0.25) is 5.82 Å². The number of ether oxygens (including phenoxy) is 2. The Bertz CT molecular complexity index is 693. The summed E-state index contributed by atoms with van der Waals surface area (Å²) in [6, 6.07) is 5.40. The van der Waals surface area contributed by atoms with Crippen molar-refractivity contribution in [3.63, 3.8) is 0 Å². The molecular formula is C12H12N6O2S. The lowest BCUT2D eigenvalue weighted by Gasteiger charge is -2.12. The van der Waals surface area contributed by atoms with Crippen LogP contribution in [0.4, 0.5) is 5.69 Å². The van der Waals surface area contributed by atoms with Crippen LogP contribution in [0.15, 0.2) is 23.2 Å². The Morgan fingerprint density at radius 2 is 2.10 bits per heavy atom. The smallest absolute Gasteiger partial charge is 0.216 e. The van der Waals surface area contributed by atoms with E-state index in [1.807, 2.05) is 6.07 Å². The molecule has 0 saturated heterocycles. The summed E-state index contributed by atoms with van der Waals surface area (Å²) in [6.45, 7) is 0. The number of nitrogens with zero attached hydrogens (tertiary/aromatic N) is 4. The predicted molar refractivity (Wildman–Crippen MR) is 78.2 cm³/mol. The fourth-order valence-corrected chi connectivity index (χ4v) is 1.80. The van der Waals surface area contributed by atoms with E-state index >= 15 is 0 Å². The molecule has 0 aliphatic rings. The Labute approximate surface area is 126 Å². The second-order valence-electron chi connectivity index (χ2n) is 3.77. The Hall–Kier alpha value is -2.73. The van der Waals surface area contributed by atoms with Crippen LogP contribution in [0.25, 0.3) is 5.57 Å². The van der Waals surface area contributed by atoms with Crippen LogP contribution >= 0.6 is 12.6 Å². The molecule has 1 aromatic heterocycles. The first-order chi connectivity index (χ1) is 10.2. The minimum Gasteiger partial charge on any atom is -0.493 e. The monoisotopic (exact) mass is 304 g/mol. The maximum atomic E-state index is 9.08. The third-order valence-electron chi connectivity index (χ3n) is 2.58. The van der Waals surface area contributed by atoms with Gasteiger partial charge in [0.15, 0.2) is 11.5 Å². The molecular weight excluding hydrogens is 292 g/mol. The van der Waals surface area contributed by atoms with Crippen LogP contribution < -0.4 is 14.8 Å². The van der Waals surface area contributed by atoms with Gasteiger partial charge in [0.25, 0.3) is 0 Å². The second-order valence-corrected chi connectivity index (χ2v) is 4.26. The molecule has 108 valence electrons. The number of aromatic amines is 1. The average Bonchev–Trinajstić information content (AvgIpc) is 3.03. The van der Waals surface area contributed by atoms with Gasteiger partial charge in [0, 0.05) is 17.2 Å². The molecule has 0 amide bonds. The number of methoxy groups -OCH3 is 2. The van der Waals surface area contributed by atoms with Crippen LogP contribution in [-0.2, 0) is 0 Å². The summed E-state index contributed by atoms with van der Waals surface area (Å²) in [4.78, 5) is 0.634. The first-order valence-corrected chi connectivity index (χ1v) is 6.20. The van der Waals surface area contributed by atoms with E-state index in [1.165, 1.54) is 13.3 Å². The molecule has 0 radical (unpaired) electrons. The van der Waals surface area contributed by atoms with Gasteiger partial charge in [-0.25, -0.2) is 0 Å². The van der Waals surface area contributed by atoms with Gasteiger partial charge < -0.3 is 14.8 Å². The van der Waals surface area contributed by atoms with Crippen molar-refractivity contribution in [2.24, 2.45) is 0 Å². The van der Waals surface area contributed by atoms with Gasteiger partial charge in [-0.3, -0.25) is 0 Å². The minimum atomic E-state index is 0.200. The lowest BCUT2D eigenvalue weighted by molar-refractivity contribution is 0.354. The van der Waals surface area contributed by atoms with Crippen LogP contribution in [0.5, 0.6) is 11.5 Å². The number of benzene rings is 1. The van der Waals surface area contributed by atoms with Crippen molar-refractivity contribution in [3.8, 4) is 17.6 Å². The molecule has 2 rings (SSSR count). The summed E-state index contributed by atoms with van der Waals surface area (Å²) >= 11 is 4.35. The standard InChI is InChI=1S/C12H12N6O2S/c1-19-9-3-8(11(21)4-10(9)20-2)14-6-7(5-13)12-15-17-18-16-12/h3-4,6,14,21H,1-2H3,(H,15,16,17,18). The quantitative estimate of drug-likeness (QED) is 0.567. The van der Waals surface area contributed by atoms with E-state index in [-0.39, 0.29) is 11.4 Å². The highest BCUT2D eigenvalue weighted by molar-refractivity contribution is 7.80. The Balaban J connectivity index is 2.29. The second kappa shape index (κ2) is 6.62. The number of aromatic nitrogens is 4. The number of thiol groups is 1. The molecule has 0 aliphatic heterocycles. The average molecular weight is 304 g/mol. The van der Waals surface area contributed by atoms with E-state index in [4.69, 9.17) is 14.7 Å². The summed E-state index contributed by atoms with van der Waals surface area (Å²) in [7, 11) is 3.08. The summed E-state index contributed by atoms with van der Waals surface area (Å²) in [5, 5.41) is 25.2. The topological polar surface area (TPSA) is 109 Å². The van der Waals surface area contributed by atoms with Gasteiger partial charge in [-0.15, -0.1) is 22.8 Å². The lowest BCUT2D eigenvalue weighted by Crippen LogP contribution is -1.97. The Morgan fingerprint density at radius 3 is 2.67 bits per heavy atom. The van der Waals surface area contributed by atoms with Crippen molar-refractivity contribution in [2.75, 3.05) is 19.5 Å². The molecule has 0 fully saturated rings. The van der Waals surface area contributed by atoms with Gasteiger partial charge in [0.1, 0.15) is 11.6 Å². The molecule has 1 heterocycles. The van der Waals surface area contributed by atoms with Crippen LogP contribution in [0.3, 0.4) is 0 Å². The number of hydrogen-bond donors (Lipinski definition) is 3. The van der Waals surface area contributed by atoms with Crippen molar-refractivity contribution < 1.29 is 9.47 Å². The van der Waals surface area contributed by atoms with Gasteiger partial charge in [-0.05, 0) is 11.3 Å². The summed E-state index contributed by atoms with van der Waals surface area (Å²) in [5.74, 6) is 1.31. The van der Waals surface area contributed by atoms with E-state index in [9.17, 15) is 0 Å². The third-order valence-corrected chi connectivity index (χ3v) is 2.95. The number of anilines is 1. The van der Waals surface area contributed by atoms with Crippen molar-refractivity contribution in [3.05, 3.63) is 24.2 Å². The number of nitriles is 1.